The second-order valence-electron chi connectivity index (χ2n) is 9.91. The van der Waals surface area contributed by atoms with Crippen molar-refractivity contribution >= 4 is 0 Å². The Balaban J connectivity index is -0.0000000564. The van der Waals surface area contributed by atoms with E-state index in [-0.39, 0.29) is 57.8 Å². The quantitative estimate of drug-likeness (QED) is 0.0750. The molecule has 0 aliphatic rings. The van der Waals surface area contributed by atoms with Crippen LogP contribution in [-0.4, -0.2) is 144 Å². The van der Waals surface area contributed by atoms with Crippen molar-refractivity contribution in [2.24, 2.45) is 45.9 Å². The van der Waals surface area contributed by atoms with Crippen LogP contribution >= 0.6 is 0 Å². The van der Waals surface area contributed by atoms with E-state index in [2.05, 4.69) is 0 Å². The second kappa shape index (κ2) is 65.1. The van der Waals surface area contributed by atoms with Gasteiger partial charge in [-0.25, -0.2) is 0 Å². The average Bonchev–Trinajstić information content (AvgIpc) is 3.01. The zero-order valence-corrected chi connectivity index (χ0v) is 28.9. The first-order chi connectivity index (χ1) is 20.6. The van der Waals surface area contributed by atoms with E-state index < -0.39 is 5.54 Å². The fourth-order valence-electron chi connectivity index (χ4n) is 0.909. The van der Waals surface area contributed by atoms with Gasteiger partial charge in [0.1, 0.15) is 0 Å². The van der Waals surface area contributed by atoms with Crippen LogP contribution < -0.4 is 45.9 Å². The zero-order valence-electron chi connectivity index (χ0n) is 28.9. The molecule has 0 aromatic heterocycles. The van der Waals surface area contributed by atoms with Gasteiger partial charge >= 0.3 is 0 Å². The van der Waals surface area contributed by atoms with Crippen LogP contribution in [0, 0.1) is 0 Å². The Kier molecular flexibility index (Phi) is 92.1. The van der Waals surface area contributed by atoms with Crippen molar-refractivity contribution in [3.63, 3.8) is 0 Å². The van der Waals surface area contributed by atoms with Crippen molar-refractivity contribution in [3.05, 3.63) is 0 Å². The van der Waals surface area contributed by atoms with E-state index in [1.54, 1.807) is 27.7 Å². The largest absolute Gasteiger partial charge is 0.396 e. The lowest BCUT2D eigenvalue weighted by atomic mass is 10.1. The number of nitrogens with two attached hydrogens (primary N) is 8. The van der Waals surface area contributed by atoms with Crippen LogP contribution in [0.5, 0.6) is 0 Å². The van der Waals surface area contributed by atoms with Gasteiger partial charge in [0.25, 0.3) is 0 Å². The molecule has 0 aliphatic carbocycles. The lowest BCUT2D eigenvalue weighted by Crippen LogP contribution is -2.35. The molecule has 0 heterocycles. The smallest absolute Gasteiger partial charge is 0.0634 e. The summed E-state index contributed by atoms with van der Waals surface area (Å²) in [5, 5.41) is 64.9. The SMILES string of the molecule is CC(C)(N)CO.CC(N)CO.CC(O)CN.CCC(N)CO.NCCCCCO.NCCCCO.NCCCO.NCCO. The molecule has 0 spiro atoms. The van der Waals surface area contributed by atoms with Gasteiger partial charge in [-0.1, -0.05) is 6.92 Å². The molecule has 0 saturated heterocycles. The summed E-state index contributed by atoms with van der Waals surface area (Å²) >= 11 is 0. The van der Waals surface area contributed by atoms with Gasteiger partial charge in [0, 0.05) is 50.5 Å². The van der Waals surface area contributed by atoms with Crippen LogP contribution in [0.3, 0.4) is 0 Å². The molecule has 0 radical (unpaired) electrons. The van der Waals surface area contributed by atoms with E-state index in [9.17, 15) is 0 Å². The van der Waals surface area contributed by atoms with Crippen LogP contribution in [0.25, 0.3) is 0 Å². The van der Waals surface area contributed by atoms with Crippen LogP contribution in [0.1, 0.15) is 79.6 Å². The third kappa shape index (κ3) is 163. The molecule has 280 valence electrons. The molecule has 0 amide bonds. The van der Waals surface area contributed by atoms with E-state index in [1.165, 1.54) is 0 Å². The Morgan fingerprint density at radius 3 is 0.955 bits per heavy atom. The minimum absolute atomic E-state index is 0.00926. The molecule has 16 heteroatoms. The van der Waals surface area contributed by atoms with Crippen LogP contribution in [0.2, 0.25) is 0 Å². The molecule has 44 heavy (non-hydrogen) atoms. The highest BCUT2D eigenvalue weighted by Gasteiger charge is 2.05. The lowest BCUT2D eigenvalue weighted by molar-refractivity contribution is 0.203. The first kappa shape index (κ1) is 62.2. The Morgan fingerprint density at radius 1 is 0.568 bits per heavy atom. The lowest BCUT2D eigenvalue weighted by Gasteiger charge is -2.12. The molecule has 0 rings (SSSR count). The van der Waals surface area contributed by atoms with E-state index in [4.69, 9.17) is 86.7 Å². The second-order valence-corrected chi connectivity index (χ2v) is 9.91. The number of hydrogen-bond acceptors (Lipinski definition) is 16. The minimum atomic E-state index is -0.403. The topological polar surface area (TPSA) is 370 Å². The Bertz CT molecular complexity index is 366. The monoisotopic (exact) mass is 657 g/mol. The normalized spacial score (nSPS) is 11.4. The molecule has 0 aromatic rings. The van der Waals surface area contributed by atoms with Crippen LogP contribution in [-0.2, 0) is 0 Å². The predicted molar refractivity (Wildman–Crippen MR) is 184 cm³/mol. The number of aliphatic hydroxyl groups is 8. The molecule has 0 bridgehead atoms. The fraction of sp³-hybridized carbons (Fsp3) is 1.00. The Hall–Kier alpha value is -0.640. The molecule has 0 saturated carbocycles. The third-order valence-corrected chi connectivity index (χ3v) is 3.76. The van der Waals surface area contributed by atoms with Crippen molar-refractivity contribution in [3.8, 4) is 0 Å². The maximum atomic E-state index is 8.28. The molecule has 0 aliphatic heterocycles. The summed E-state index contributed by atoms with van der Waals surface area (Å²) in [7, 11) is 0. The third-order valence-electron chi connectivity index (χ3n) is 3.76. The van der Waals surface area contributed by atoms with Gasteiger partial charge in [0.15, 0.2) is 0 Å². The highest BCUT2D eigenvalue weighted by molar-refractivity contribution is 4.67. The summed E-state index contributed by atoms with van der Waals surface area (Å²) in [6.45, 7) is 12.8. The van der Waals surface area contributed by atoms with Crippen LogP contribution in [0.4, 0.5) is 0 Å². The highest BCUT2D eigenvalue weighted by Crippen LogP contribution is 1.90. The summed E-state index contributed by atoms with van der Waals surface area (Å²) in [4.78, 5) is 0. The molecule has 0 fully saturated rings. The van der Waals surface area contributed by atoms with Gasteiger partial charge in [-0.15, -0.1) is 0 Å². The Labute approximate surface area is 269 Å². The molecular weight excluding hydrogens is 576 g/mol. The number of unbranched alkanes of at least 4 members (excludes halogenated alkanes) is 3. The standard InChI is InChI=1S/C5H13NO.3C4H11NO.3C3H9NO.C2H7NO/c6-4-2-1-3-5-7;1-4(2,5)3-6;1-2-4(5)3-6;5-3-1-2-4-6;1-3(4)2-5;1-3(5)2-4;4-2-1-3-5;3-1-2-4/h7H,1-6H2;6H,3,5H2,1-2H3;4,6H,2-3,5H2,1H3;6H,1-5H2;2*3,5H,2,4H2,1H3;5H,1-4H2;4H,1-3H2. The van der Waals surface area contributed by atoms with Gasteiger partial charge in [-0.05, 0) is 92.3 Å². The average molecular weight is 657 g/mol. The van der Waals surface area contributed by atoms with E-state index in [0.29, 0.717) is 32.8 Å². The van der Waals surface area contributed by atoms with E-state index >= 15 is 0 Å². The molecule has 3 unspecified atom stereocenters. The molecule has 24 N–H and O–H groups in total. The van der Waals surface area contributed by atoms with Crippen molar-refractivity contribution in [1.29, 1.82) is 0 Å². The first-order valence-electron chi connectivity index (χ1n) is 15.3. The van der Waals surface area contributed by atoms with Gasteiger partial charge < -0.3 is 86.7 Å². The number of hydrogen-bond donors (Lipinski definition) is 16. The maximum absolute atomic E-state index is 8.28. The van der Waals surface area contributed by atoms with E-state index in [0.717, 1.165) is 51.5 Å². The van der Waals surface area contributed by atoms with Crippen molar-refractivity contribution in [2.45, 2.75) is 103 Å². The molecule has 0 aromatic carbocycles. The number of rotatable bonds is 15. The van der Waals surface area contributed by atoms with Gasteiger partial charge in [0.2, 0.25) is 0 Å². The minimum Gasteiger partial charge on any atom is -0.396 e. The summed E-state index contributed by atoms with van der Waals surface area (Å²) in [5.74, 6) is 0. The van der Waals surface area contributed by atoms with Gasteiger partial charge in [-0.2, -0.15) is 0 Å². The first-order valence-corrected chi connectivity index (χ1v) is 15.3. The number of aliphatic hydroxyl groups excluding tert-OH is 8. The van der Waals surface area contributed by atoms with Crippen molar-refractivity contribution in [1.82, 2.24) is 0 Å². The summed E-state index contributed by atoms with van der Waals surface area (Å²) < 4.78 is 0. The van der Waals surface area contributed by atoms with E-state index in [1.807, 2.05) is 6.92 Å². The summed E-state index contributed by atoms with van der Waals surface area (Å²) in [5.41, 5.74) is 40.1. The van der Waals surface area contributed by atoms with Crippen molar-refractivity contribution in [2.75, 3.05) is 79.0 Å². The van der Waals surface area contributed by atoms with Crippen molar-refractivity contribution < 1.29 is 40.9 Å². The molecule has 3 atom stereocenters. The molecular formula is C28H80N8O8. The van der Waals surface area contributed by atoms with Gasteiger partial charge in [-0.3, -0.25) is 0 Å². The predicted octanol–water partition coefficient (Wildman–Crippen LogP) is -3.83. The molecule has 16 nitrogen and oxygen atoms in total. The van der Waals surface area contributed by atoms with Crippen LogP contribution in [0.15, 0.2) is 0 Å². The summed E-state index contributed by atoms with van der Waals surface area (Å²) in [6, 6.07) is -0.0694. The summed E-state index contributed by atoms with van der Waals surface area (Å²) in [6.07, 6.45) is 6.03. The fourth-order valence-corrected chi connectivity index (χ4v) is 0.909. The maximum Gasteiger partial charge on any atom is 0.0634 e. The highest BCUT2D eigenvalue weighted by atomic mass is 16.3. The van der Waals surface area contributed by atoms with Gasteiger partial charge in [0.05, 0.1) is 32.5 Å². The zero-order chi connectivity index (χ0) is 36.7. The Morgan fingerprint density at radius 2 is 0.864 bits per heavy atom.